The number of likely N-dealkylation sites (tertiary alicyclic amines) is 1. The van der Waals surface area contributed by atoms with Gasteiger partial charge in [-0.2, -0.15) is 0 Å². The quantitative estimate of drug-likeness (QED) is 0.757. The molecule has 124 valence electrons. The molecule has 1 aromatic rings. The maximum Gasteiger partial charge on any atom is 0.0645 e. The van der Waals surface area contributed by atoms with E-state index in [4.69, 9.17) is 0 Å². The van der Waals surface area contributed by atoms with Crippen LogP contribution in [0.25, 0.3) is 0 Å². The summed E-state index contributed by atoms with van der Waals surface area (Å²) in [6.45, 7) is 8.75. The minimum Gasteiger partial charge on any atom is -0.390 e. The van der Waals surface area contributed by atoms with Crippen molar-refractivity contribution in [1.82, 2.24) is 4.90 Å². The molecule has 2 unspecified atom stereocenters. The second-order valence-corrected chi connectivity index (χ2v) is 7.00. The highest BCUT2D eigenvalue weighted by Gasteiger charge is 2.37. The Morgan fingerprint density at radius 2 is 1.82 bits per heavy atom. The minimum absolute atomic E-state index is 0.459. The zero-order chi connectivity index (χ0) is 16.0. The molecule has 0 bridgehead atoms. The minimum atomic E-state index is -0.459. The fourth-order valence-corrected chi connectivity index (χ4v) is 3.98. The van der Waals surface area contributed by atoms with E-state index in [0.29, 0.717) is 12.0 Å². The SMILES string of the molecule is CCCC1C(CC(O)(CC)CC)CCN1Cc1ccccc1. The maximum absolute atomic E-state index is 10.7. The summed E-state index contributed by atoms with van der Waals surface area (Å²) in [6, 6.07) is 11.4. The highest BCUT2D eigenvalue weighted by molar-refractivity contribution is 5.15. The van der Waals surface area contributed by atoms with Crippen molar-refractivity contribution in [3.8, 4) is 0 Å². The van der Waals surface area contributed by atoms with Crippen molar-refractivity contribution in [1.29, 1.82) is 0 Å². The third-order valence-corrected chi connectivity index (χ3v) is 5.57. The molecule has 2 heteroatoms. The van der Waals surface area contributed by atoms with Crippen molar-refractivity contribution in [3.63, 3.8) is 0 Å². The third-order valence-electron chi connectivity index (χ3n) is 5.57. The van der Waals surface area contributed by atoms with Gasteiger partial charge in [0.1, 0.15) is 0 Å². The Labute approximate surface area is 136 Å². The van der Waals surface area contributed by atoms with E-state index in [-0.39, 0.29) is 0 Å². The van der Waals surface area contributed by atoms with Gasteiger partial charge in [-0.15, -0.1) is 0 Å². The second-order valence-electron chi connectivity index (χ2n) is 7.00. The van der Waals surface area contributed by atoms with Crippen LogP contribution in [-0.4, -0.2) is 28.2 Å². The lowest BCUT2D eigenvalue weighted by Crippen LogP contribution is -2.37. The Bertz CT molecular complexity index is 427. The summed E-state index contributed by atoms with van der Waals surface area (Å²) >= 11 is 0. The normalized spacial score (nSPS) is 23.1. The van der Waals surface area contributed by atoms with E-state index in [2.05, 4.69) is 56.0 Å². The van der Waals surface area contributed by atoms with Gasteiger partial charge in [0.15, 0.2) is 0 Å². The molecule has 1 N–H and O–H groups in total. The van der Waals surface area contributed by atoms with Gasteiger partial charge in [-0.3, -0.25) is 4.90 Å². The van der Waals surface area contributed by atoms with Crippen LogP contribution in [0.3, 0.4) is 0 Å². The smallest absolute Gasteiger partial charge is 0.0645 e. The molecule has 1 aliphatic rings. The van der Waals surface area contributed by atoms with Gasteiger partial charge in [-0.1, -0.05) is 57.5 Å². The average Bonchev–Trinajstić information content (AvgIpc) is 2.90. The number of aliphatic hydroxyl groups is 1. The van der Waals surface area contributed by atoms with E-state index in [9.17, 15) is 5.11 Å². The number of hydrogen-bond donors (Lipinski definition) is 1. The van der Waals surface area contributed by atoms with E-state index in [1.807, 2.05) is 0 Å². The van der Waals surface area contributed by atoms with Crippen LogP contribution >= 0.6 is 0 Å². The van der Waals surface area contributed by atoms with Crippen molar-refractivity contribution >= 4 is 0 Å². The molecule has 1 aliphatic heterocycles. The van der Waals surface area contributed by atoms with E-state index in [0.717, 1.165) is 25.8 Å². The number of rotatable bonds is 8. The van der Waals surface area contributed by atoms with Gasteiger partial charge < -0.3 is 5.11 Å². The van der Waals surface area contributed by atoms with Gasteiger partial charge in [-0.05, 0) is 50.1 Å². The van der Waals surface area contributed by atoms with E-state index in [1.165, 1.54) is 31.4 Å². The maximum atomic E-state index is 10.7. The zero-order valence-electron chi connectivity index (χ0n) is 14.6. The molecule has 1 aromatic carbocycles. The number of benzene rings is 1. The molecule has 2 rings (SSSR count). The molecule has 0 saturated carbocycles. The molecule has 1 fully saturated rings. The molecule has 0 aromatic heterocycles. The monoisotopic (exact) mass is 303 g/mol. The van der Waals surface area contributed by atoms with E-state index >= 15 is 0 Å². The van der Waals surface area contributed by atoms with Crippen molar-refractivity contribution < 1.29 is 5.11 Å². The third kappa shape index (κ3) is 4.33. The fraction of sp³-hybridized carbons (Fsp3) is 0.700. The van der Waals surface area contributed by atoms with Gasteiger partial charge in [0.25, 0.3) is 0 Å². The average molecular weight is 303 g/mol. The summed E-state index contributed by atoms with van der Waals surface area (Å²) in [5.74, 6) is 0.647. The van der Waals surface area contributed by atoms with Crippen LogP contribution in [0.4, 0.5) is 0 Å². The summed E-state index contributed by atoms with van der Waals surface area (Å²) < 4.78 is 0. The summed E-state index contributed by atoms with van der Waals surface area (Å²) in [5.41, 5.74) is 0.949. The van der Waals surface area contributed by atoms with E-state index in [1.54, 1.807) is 0 Å². The second kappa shape index (κ2) is 8.12. The predicted molar refractivity (Wildman–Crippen MR) is 93.8 cm³/mol. The molecule has 22 heavy (non-hydrogen) atoms. The zero-order valence-corrected chi connectivity index (χ0v) is 14.6. The van der Waals surface area contributed by atoms with Gasteiger partial charge >= 0.3 is 0 Å². The highest BCUT2D eigenvalue weighted by atomic mass is 16.3. The molecular formula is C20H33NO. The van der Waals surface area contributed by atoms with Gasteiger partial charge in [0.05, 0.1) is 5.60 Å². The lowest BCUT2D eigenvalue weighted by atomic mass is 9.81. The Balaban J connectivity index is 2.04. The van der Waals surface area contributed by atoms with Crippen LogP contribution in [-0.2, 0) is 6.54 Å². The lowest BCUT2D eigenvalue weighted by molar-refractivity contribution is 0.00173. The van der Waals surface area contributed by atoms with Crippen LogP contribution in [0, 0.1) is 5.92 Å². The molecule has 1 heterocycles. The highest BCUT2D eigenvalue weighted by Crippen LogP contribution is 2.36. The standard InChI is InChI=1S/C20H33NO/c1-4-10-19-18(15-20(22,5-2)6-3)13-14-21(19)16-17-11-8-7-9-12-17/h7-9,11-12,18-19,22H,4-6,10,13-16H2,1-3H3. The molecule has 2 atom stereocenters. The summed E-state index contributed by atoms with van der Waals surface area (Å²) in [7, 11) is 0. The predicted octanol–water partition coefficient (Wildman–Crippen LogP) is 4.62. The number of hydrogen-bond acceptors (Lipinski definition) is 2. The molecule has 0 amide bonds. The molecule has 2 nitrogen and oxygen atoms in total. The Kier molecular flexibility index (Phi) is 6.46. The number of nitrogens with zero attached hydrogens (tertiary/aromatic N) is 1. The van der Waals surface area contributed by atoms with Crippen molar-refractivity contribution in [2.24, 2.45) is 5.92 Å². The summed E-state index contributed by atoms with van der Waals surface area (Å²) in [5, 5.41) is 10.7. The molecule has 0 aliphatic carbocycles. The van der Waals surface area contributed by atoms with Crippen LogP contribution in [0.5, 0.6) is 0 Å². The Hall–Kier alpha value is -0.860. The first kappa shape index (κ1) is 17.5. The van der Waals surface area contributed by atoms with Crippen LogP contribution < -0.4 is 0 Å². The Morgan fingerprint density at radius 3 is 2.41 bits per heavy atom. The van der Waals surface area contributed by atoms with Crippen LogP contribution in [0.1, 0.15) is 64.9 Å². The van der Waals surface area contributed by atoms with Crippen molar-refractivity contribution in [3.05, 3.63) is 35.9 Å². The first-order valence-corrected chi connectivity index (χ1v) is 9.12. The van der Waals surface area contributed by atoms with E-state index < -0.39 is 5.60 Å². The largest absolute Gasteiger partial charge is 0.390 e. The van der Waals surface area contributed by atoms with Crippen molar-refractivity contribution in [2.45, 2.75) is 77.5 Å². The van der Waals surface area contributed by atoms with Gasteiger partial charge in [-0.25, -0.2) is 0 Å². The van der Waals surface area contributed by atoms with Gasteiger partial charge in [0, 0.05) is 12.6 Å². The van der Waals surface area contributed by atoms with Crippen molar-refractivity contribution in [2.75, 3.05) is 6.54 Å². The first-order chi connectivity index (χ1) is 10.6. The summed E-state index contributed by atoms with van der Waals surface area (Å²) in [4.78, 5) is 2.65. The topological polar surface area (TPSA) is 23.5 Å². The van der Waals surface area contributed by atoms with Crippen LogP contribution in [0.2, 0.25) is 0 Å². The molecule has 0 radical (unpaired) electrons. The fourth-order valence-electron chi connectivity index (χ4n) is 3.98. The Morgan fingerprint density at radius 1 is 1.14 bits per heavy atom. The summed E-state index contributed by atoms with van der Waals surface area (Å²) in [6.07, 6.45) is 6.43. The molecule has 1 saturated heterocycles. The first-order valence-electron chi connectivity index (χ1n) is 9.12. The van der Waals surface area contributed by atoms with Crippen LogP contribution in [0.15, 0.2) is 30.3 Å². The lowest BCUT2D eigenvalue weighted by Gasteiger charge is -2.33. The van der Waals surface area contributed by atoms with Gasteiger partial charge in [0.2, 0.25) is 0 Å². The molecule has 0 spiro atoms. The molecular weight excluding hydrogens is 270 g/mol.